The predicted molar refractivity (Wildman–Crippen MR) is 105 cm³/mol. The van der Waals surface area contributed by atoms with Crippen LogP contribution in [0.15, 0.2) is 91.0 Å². The summed E-state index contributed by atoms with van der Waals surface area (Å²) in [7, 11) is -3.92. The Balaban J connectivity index is 1.57. The number of para-hydroxylation sites is 2. The molecular weight excluding hydrogens is 359 g/mol. The molecule has 0 atom stereocenters. The SMILES string of the molecule is [O-][P+]1(Oc2ccc3ccccc3c2)Oc2ccccc2-c2ccccc2O1. The van der Waals surface area contributed by atoms with Crippen LogP contribution in [0.1, 0.15) is 0 Å². The Morgan fingerprint density at radius 2 is 1.19 bits per heavy atom. The number of hydrogen-bond donors (Lipinski definition) is 0. The molecule has 0 N–H and O–H groups in total. The highest BCUT2D eigenvalue weighted by molar-refractivity contribution is 7.55. The van der Waals surface area contributed by atoms with Crippen molar-refractivity contribution >= 4 is 18.9 Å². The van der Waals surface area contributed by atoms with E-state index in [1.165, 1.54) is 0 Å². The molecule has 0 fully saturated rings. The fourth-order valence-corrected chi connectivity index (χ4v) is 4.47. The maximum Gasteiger partial charge on any atom is 0.517 e. The van der Waals surface area contributed by atoms with Crippen molar-refractivity contribution in [1.82, 2.24) is 0 Å². The zero-order chi connectivity index (χ0) is 18.3. The van der Waals surface area contributed by atoms with Gasteiger partial charge >= 0.3 is 8.17 Å². The van der Waals surface area contributed by atoms with Gasteiger partial charge in [0.05, 0.1) is 0 Å². The van der Waals surface area contributed by atoms with Gasteiger partial charge in [-0.3, -0.25) is 13.6 Å². The summed E-state index contributed by atoms with van der Waals surface area (Å²) in [6.07, 6.45) is 0. The maximum absolute atomic E-state index is 13.4. The Morgan fingerprint density at radius 3 is 1.85 bits per heavy atom. The van der Waals surface area contributed by atoms with Crippen molar-refractivity contribution in [3.05, 3.63) is 91.0 Å². The molecule has 4 aromatic carbocycles. The van der Waals surface area contributed by atoms with Gasteiger partial charge in [0.25, 0.3) is 0 Å². The van der Waals surface area contributed by atoms with Gasteiger partial charge in [0.15, 0.2) is 17.2 Å². The fraction of sp³-hybridized carbons (Fsp3) is 0. The molecule has 1 aliphatic rings. The minimum Gasteiger partial charge on any atom is -0.583 e. The summed E-state index contributed by atoms with van der Waals surface area (Å²) in [5, 5.41) is 2.05. The molecule has 4 nitrogen and oxygen atoms in total. The average Bonchev–Trinajstić information content (AvgIpc) is 2.81. The first-order valence-electron chi connectivity index (χ1n) is 8.56. The Kier molecular flexibility index (Phi) is 3.75. The van der Waals surface area contributed by atoms with Crippen LogP contribution in [-0.4, -0.2) is 0 Å². The third kappa shape index (κ3) is 2.99. The first kappa shape index (κ1) is 16.1. The standard InChI is InChI=1S/C22H15O4P/c23-27(24-18-14-13-16-7-1-2-8-17(16)15-18)25-21-11-5-3-9-19(21)20-10-4-6-12-22(20)26-27/h1-15H. The molecule has 132 valence electrons. The maximum atomic E-state index is 13.4. The quantitative estimate of drug-likeness (QED) is 0.441. The first-order valence-corrected chi connectivity index (χ1v) is 10.0. The lowest BCUT2D eigenvalue weighted by Crippen LogP contribution is -2.25. The number of fused-ring (bicyclic) bond motifs is 4. The summed E-state index contributed by atoms with van der Waals surface area (Å²) in [6, 6.07) is 28.2. The molecule has 1 aliphatic heterocycles. The van der Waals surface area contributed by atoms with Crippen molar-refractivity contribution in [3.8, 4) is 28.4 Å². The molecule has 1 heterocycles. The molecule has 0 amide bonds. The molecule has 0 bridgehead atoms. The summed E-state index contributed by atoms with van der Waals surface area (Å²) in [6.45, 7) is 0. The van der Waals surface area contributed by atoms with Crippen molar-refractivity contribution in [2.24, 2.45) is 0 Å². The van der Waals surface area contributed by atoms with Crippen molar-refractivity contribution in [2.75, 3.05) is 0 Å². The van der Waals surface area contributed by atoms with Crippen LogP contribution in [0, 0.1) is 0 Å². The van der Waals surface area contributed by atoms with E-state index in [0.29, 0.717) is 17.2 Å². The van der Waals surface area contributed by atoms with Crippen LogP contribution >= 0.6 is 8.17 Å². The average molecular weight is 374 g/mol. The molecular formula is C22H15O4P. The number of benzene rings is 4. The lowest BCUT2D eigenvalue weighted by atomic mass is 10.0. The van der Waals surface area contributed by atoms with Gasteiger partial charge in [-0.05, 0) is 35.0 Å². The third-order valence-electron chi connectivity index (χ3n) is 4.42. The van der Waals surface area contributed by atoms with Gasteiger partial charge in [0.1, 0.15) is 0 Å². The van der Waals surface area contributed by atoms with Crippen LogP contribution in [0.5, 0.6) is 17.2 Å². The molecule has 0 aliphatic carbocycles. The van der Waals surface area contributed by atoms with Crippen molar-refractivity contribution in [1.29, 1.82) is 0 Å². The molecule has 0 unspecified atom stereocenters. The van der Waals surface area contributed by atoms with E-state index in [0.717, 1.165) is 21.9 Å². The largest absolute Gasteiger partial charge is 0.583 e. The second-order valence-electron chi connectivity index (χ2n) is 6.22. The topological polar surface area (TPSA) is 50.8 Å². The van der Waals surface area contributed by atoms with Gasteiger partial charge in [0.2, 0.25) is 0 Å². The number of phosphoric acid groups is 1. The van der Waals surface area contributed by atoms with Crippen molar-refractivity contribution in [2.45, 2.75) is 0 Å². The highest BCUT2D eigenvalue weighted by Gasteiger charge is 2.42. The van der Waals surface area contributed by atoms with E-state index >= 15 is 0 Å². The molecule has 0 aromatic heterocycles. The minimum atomic E-state index is -3.92. The van der Waals surface area contributed by atoms with Crippen LogP contribution in [0.3, 0.4) is 0 Å². The summed E-state index contributed by atoms with van der Waals surface area (Å²) in [5.74, 6) is 1.35. The van der Waals surface area contributed by atoms with Gasteiger partial charge in [-0.1, -0.05) is 66.7 Å². The predicted octanol–water partition coefficient (Wildman–Crippen LogP) is 5.39. The molecule has 0 spiro atoms. The zero-order valence-corrected chi connectivity index (χ0v) is 15.1. The Morgan fingerprint density at radius 1 is 0.630 bits per heavy atom. The minimum absolute atomic E-state index is 0.425. The lowest BCUT2D eigenvalue weighted by molar-refractivity contribution is -0.221. The van der Waals surface area contributed by atoms with Crippen LogP contribution < -0.4 is 18.5 Å². The smallest absolute Gasteiger partial charge is 0.517 e. The van der Waals surface area contributed by atoms with Gasteiger partial charge < -0.3 is 4.89 Å². The molecule has 4 aromatic rings. The van der Waals surface area contributed by atoms with Crippen molar-refractivity contribution < 1.29 is 18.5 Å². The van der Waals surface area contributed by atoms with Gasteiger partial charge in [-0.2, -0.15) is 0 Å². The first-order chi connectivity index (χ1) is 13.2. The van der Waals surface area contributed by atoms with Gasteiger partial charge in [0, 0.05) is 11.1 Å². The van der Waals surface area contributed by atoms with Crippen LogP contribution in [-0.2, 0) is 0 Å². The Labute approximate surface area is 157 Å². The highest BCUT2D eigenvalue weighted by Crippen LogP contribution is 2.58. The monoisotopic (exact) mass is 374 g/mol. The van der Waals surface area contributed by atoms with E-state index in [9.17, 15) is 4.89 Å². The number of rotatable bonds is 2. The van der Waals surface area contributed by atoms with E-state index in [2.05, 4.69) is 0 Å². The van der Waals surface area contributed by atoms with E-state index in [1.807, 2.05) is 72.8 Å². The summed E-state index contributed by atoms with van der Waals surface area (Å²) in [4.78, 5) is 13.4. The summed E-state index contributed by atoms with van der Waals surface area (Å²) >= 11 is 0. The fourth-order valence-electron chi connectivity index (χ4n) is 3.19. The van der Waals surface area contributed by atoms with Gasteiger partial charge in [-0.15, -0.1) is 0 Å². The third-order valence-corrected chi connectivity index (χ3v) is 5.70. The van der Waals surface area contributed by atoms with Crippen molar-refractivity contribution in [3.63, 3.8) is 0 Å². The number of hydrogen-bond acceptors (Lipinski definition) is 4. The summed E-state index contributed by atoms with van der Waals surface area (Å²) < 4.78 is 17.3. The lowest BCUT2D eigenvalue weighted by Gasteiger charge is -2.24. The van der Waals surface area contributed by atoms with Crippen LogP contribution in [0.4, 0.5) is 0 Å². The van der Waals surface area contributed by atoms with Gasteiger partial charge in [-0.25, -0.2) is 0 Å². The zero-order valence-electron chi connectivity index (χ0n) is 14.2. The molecule has 0 saturated carbocycles. The molecule has 0 saturated heterocycles. The Hall–Kier alpha value is -3.07. The van der Waals surface area contributed by atoms with E-state index in [4.69, 9.17) is 13.6 Å². The second-order valence-corrected chi connectivity index (χ2v) is 7.66. The Bertz CT molecular complexity index is 1090. The number of phosphoric ester groups is 1. The molecule has 0 radical (unpaired) electrons. The second kappa shape index (κ2) is 6.27. The highest BCUT2D eigenvalue weighted by atomic mass is 31.2. The van der Waals surface area contributed by atoms with E-state index in [1.54, 1.807) is 18.2 Å². The molecule has 27 heavy (non-hydrogen) atoms. The summed E-state index contributed by atoms with van der Waals surface area (Å²) in [5.41, 5.74) is 1.63. The molecule has 5 rings (SSSR count). The normalized spacial score (nSPS) is 14.3. The van der Waals surface area contributed by atoms with E-state index in [-0.39, 0.29) is 0 Å². The van der Waals surface area contributed by atoms with E-state index < -0.39 is 8.17 Å². The van der Waals surface area contributed by atoms with Crippen LogP contribution in [0.25, 0.3) is 21.9 Å². The van der Waals surface area contributed by atoms with Crippen LogP contribution in [0.2, 0.25) is 0 Å². The molecule has 5 heteroatoms.